The molecule has 0 spiro atoms. The Hall–Kier alpha value is -5.01. The molecule has 4 N–H and O–H groups in total. The van der Waals surface area contributed by atoms with Gasteiger partial charge in [0.2, 0.25) is 0 Å². The van der Waals surface area contributed by atoms with Crippen molar-refractivity contribution in [3.8, 4) is 17.0 Å². The highest BCUT2D eigenvalue weighted by Crippen LogP contribution is 2.41. The second-order valence-electron chi connectivity index (χ2n) is 10.0. The van der Waals surface area contributed by atoms with Gasteiger partial charge in [0, 0.05) is 23.4 Å². The van der Waals surface area contributed by atoms with Gasteiger partial charge < -0.3 is 20.5 Å². The zero-order valence-corrected chi connectivity index (χ0v) is 22.6. The van der Waals surface area contributed by atoms with Crippen molar-refractivity contribution >= 4 is 28.7 Å². The fraction of sp³-hybridized carbons (Fsp3) is 0.276. The number of halogens is 4. The lowest BCUT2D eigenvalue weighted by atomic mass is 9.95. The van der Waals surface area contributed by atoms with Gasteiger partial charge in [0.05, 0.1) is 41.3 Å². The van der Waals surface area contributed by atoms with Crippen molar-refractivity contribution in [1.82, 2.24) is 20.5 Å². The summed E-state index contributed by atoms with van der Waals surface area (Å²) in [5.74, 6) is -4.29. The molecule has 1 aliphatic carbocycles. The molecule has 0 aliphatic heterocycles. The van der Waals surface area contributed by atoms with Crippen molar-refractivity contribution in [1.29, 1.82) is 0 Å². The molecule has 1 aliphatic rings. The van der Waals surface area contributed by atoms with Gasteiger partial charge in [-0.3, -0.25) is 19.7 Å². The maximum absolute atomic E-state index is 13.7. The number of methoxy groups -OCH3 is 1. The van der Waals surface area contributed by atoms with Crippen LogP contribution in [0.15, 0.2) is 48.7 Å². The number of hydrogen-bond acceptors (Lipinski definition) is 7. The summed E-state index contributed by atoms with van der Waals surface area (Å²) < 4.78 is 61.6. The van der Waals surface area contributed by atoms with Crippen molar-refractivity contribution in [3.63, 3.8) is 0 Å². The van der Waals surface area contributed by atoms with Crippen LogP contribution in [0.25, 0.3) is 22.2 Å². The van der Waals surface area contributed by atoms with Crippen LogP contribution in [-0.4, -0.2) is 52.4 Å². The summed E-state index contributed by atoms with van der Waals surface area (Å²) in [5, 5.41) is 9.99. The molecule has 5 rings (SSSR count). The number of nitrogens with one attached hydrogen (secondary N) is 2. The predicted molar refractivity (Wildman–Crippen MR) is 144 cm³/mol. The van der Waals surface area contributed by atoms with E-state index in [1.807, 2.05) is 0 Å². The van der Waals surface area contributed by atoms with Crippen LogP contribution in [-0.2, 0) is 16.1 Å². The number of aromatic amines is 1. The molecule has 14 heteroatoms. The van der Waals surface area contributed by atoms with Crippen LogP contribution in [0.4, 0.5) is 17.6 Å². The van der Waals surface area contributed by atoms with Gasteiger partial charge in [-0.25, -0.2) is 9.18 Å². The molecule has 1 saturated carbocycles. The molecule has 2 amide bonds. The van der Waals surface area contributed by atoms with E-state index in [0.717, 1.165) is 6.07 Å². The van der Waals surface area contributed by atoms with E-state index < -0.39 is 35.9 Å². The van der Waals surface area contributed by atoms with Gasteiger partial charge >= 0.3 is 12.1 Å². The maximum Gasteiger partial charge on any atom is 0.490 e. The summed E-state index contributed by atoms with van der Waals surface area (Å²) in [6.45, 7) is 0.0971. The number of pyridine rings is 1. The van der Waals surface area contributed by atoms with E-state index in [0.29, 0.717) is 34.1 Å². The van der Waals surface area contributed by atoms with Gasteiger partial charge in [-0.2, -0.15) is 18.3 Å². The number of fused-ring (bicyclic) bond motifs is 1. The second-order valence-corrected chi connectivity index (χ2v) is 10.0. The van der Waals surface area contributed by atoms with Gasteiger partial charge in [0.25, 0.3) is 11.8 Å². The number of ether oxygens (including phenoxy) is 2. The summed E-state index contributed by atoms with van der Waals surface area (Å²) in [7, 11) is 1.37. The highest BCUT2D eigenvalue weighted by Gasteiger charge is 2.43. The topological polar surface area (TPSA) is 149 Å². The van der Waals surface area contributed by atoms with Crippen LogP contribution in [0, 0.1) is 5.82 Å². The van der Waals surface area contributed by atoms with Crippen LogP contribution >= 0.6 is 0 Å². The second kappa shape index (κ2) is 11.7. The van der Waals surface area contributed by atoms with E-state index in [9.17, 15) is 31.9 Å². The Morgan fingerprint density at radius 1 is 1.12 bits per heavy atom. The fourth-order valence-corrected chi connectivity index (χ4v) is 5.22. The molecule has 2 unspecified atom stereocenters. The minimum absolute atomic E-state index is 0.0390. The Morgan fingerprint density at radius 3 is 2.53 bits per heavy atom. The molecule has 2 atom stereocenters. The smallest absolute Gasteiger partial charge is 0.490 e. The number of nitrogens with two attached hydrogens (primary N) is 1. The summed E-state index contributed by atoms with van der Waals surface area (Å²) in [4.78, 5) is 41.3. The first-order valence-electron chi connectivity index (χ1n) is 13.1. The molecular formula is C29H25F4N5O5. The third-order valence-electron chi connectivity index (χ3n) is 7.24. The summed E-state index contributed by atoms with van der Waals surface area (Å²) in [6.07, 6.45) is -3.85. The monoisotopic (exact) mass is 599 g/mol. The number of nitrogens with zero attached hydrogens (tertiary/aromatic N) is 2. The summed E-state index contributed by atoms with van der Waals surface area (Å²) in [6, 6.07) is 10.4. The molecule has 10 nitrogen and oxygen atoms in total. The number of alkyl halides is 3. The largest absolute Gasteiger partial charge is 0.496 e. The molecule has 2 aromatic carbocycles. The fourth-order valence-electron chi connectivity index (χ4n) is 5.22. The SMILES string of the molecule is COc1ccc(F)cc1C(=O)NCc1ccc(-c2nc(C3CCC(OC(=O)C(F)(F)F)C3)c3cn[nH]c3c2C(N)=O)cc1. The van der Waals surface area contributed by atoms with Crippen LogP contribution < -0.4 is 15.8 Å². The number of esters is 1. The van der Waals surface area contributed by atoms with Crippen LogP contribution in [0.3, 0.4) is 0 Å². The van der Waals surface area contributed by atoms with E-state index in [4.69, 9.17) is 15.5 Å². The van der Waals surface area contributed by atoms with Gasteiger partial charge in [-0.1, -0.05) is 24.3 Å². The average molecular weight is 600 g/mol. The van der Waals surface area contributed by atoms with E-state index in [1.54, 1.807) is 24.3 Å². The van der Waals surface area contributed by atoms with Crippen molar-refractivity contribution in [2.45, 2.75) is 44.0 Å². The molecule has 0 bridgehead atoms. The van der Waals surface area contributed by atoms with Crippen LogP contribution in [0.5, 0.6) is 5.75 Å². The quantitative estimate of drug-likeness (QED) is 0.199. The number of hydrogen-bond donors (Lipinski definition) is 3. The Kier molecular flexibility index (Phi) is 8.02. The molecule has 1 fully saturated rings. The molecule has 43 heavy (non-hydrogen) atoms. The van der Waals surface area contributed by atoms with Crippen molar-refractivity contribution in [2.24, 2.45) is 5.73 Å². The molecule has 4 aromatic rings. The number of rotatable bonds is 8. The number of primary amides is 1. The first-order chi connectivity index (χ1) is 20.5. The average Bonchev–Trinajstić information content (AvgIpc) is 3.65. The number of aromatic nitrogens is 3. The maximum atomic E-state index is 13.7. The zero-order valence-electron chi connectivity index (χ0n) is 22.6. The Labute approximate surface area is 241 Å². The lowest BCUT2D eigenvalue weighted by Gasteiger charge is -2.17. The van der Waals surface area contributed by atoms with E-state index in [-0.39, 0.29) is 47.9 Å². The molecule has 0 radical (unpaired) electrons. The number of carbonyl (C=O) groups is 3. The van der Waals surface area contributed by atoms with Crippen molar-refractivity contribution in [3.05, 3.63) is 76.9 Å². The molecule has 224 valence electrons. The number of H-pyrrole nitrogens is 1. The van der Waals surface area contributed by atoms with Gasteiger partial charge in [0.15, 0.2) is 0 Å². The summed E-state index contributed by atoms with van der Waals surface area (Å²) in [5.41, 5.74) is 8.06. The van der Waals surface area contributed by atoms with Crippen LogP contribution in [0.2, 0.25) is 0 Å². The van der Waals surface area contributed by atoms with E-state index in [2.05, 4.69) is 20.3 Å². The highest BCUT2D eigenvalue weighted by atomic mass is 19.4. The van der Waals surface area contributed by atoms with Gasteiger partial charge in [-0.05, 0) is 43.0 Å². The third-order valence-corrected chi connectivity index (χ3v) is 7.24. The third kappa shape index (κ3) is 6.12. The molecule has 0 saturated heterocycles. The molecular weight excluding hydrogens is 574 g/mol. The van der Waals surface area contributed by atoms with Crippen molar-refractivity contribution < 1.29 is 41.4 Å². The zero-order chi connectivity index (χ0) is 30.9. The van der Waals surface area contributed by atoms with Crippen LogP contribution in [0.1, 0.15) is 57.2 Å². The van der Waals surface area contributed by atoms with Gasteiger partial charge in [0.1, 0.15) is 17.7 Å². The van der Waals surface area contributed by atoms with Gasteiger partial charge in [-0.15, -0.1) is 0 Å². The van der Waals surface area contributed by atoms with Crippen molar-refractivity contribution in [2.75, 3.05) is 7.11 Å². The lowest BCUT2D eigenvalue weighted by Crippen LogP contribution is -2.29. The van der Waals surface area contributed by atoms with E-state index >= 15 is 0 Å². The summed E-state index contributed by atoms with van der Waals surface area (Å²) >= 11 is 0. The minimum Gasteiger partial charge on any atom is -0.496 e. The molecule has 2 heterocycles. The number of benzene rings is 2. The Bertz CT molecular complexity index is 1700. The first kappa shape index (κ1) is 29.5. The Balaban J connectivity index is 1.40. The number of amides is 2. The standard InChI is InChI=1S/C29H25F4N5O5/c1-42-21-9-7-17(30)11-19(21)27(40)35-12-14-2-4-15(5-3-14)24-22(26(34)39)25-20(13-36-38-25)23(37-24)16-6-8-18(10-16)43-28(41)29(31,32)33/h2-5,7,9,11,13,16,18H,6,8,10,12H2,1H3,(H2,34,39)(H,35,40)(H,36,38). The first-order valence-corrected chi connectivity index (χ1v) is 13.1. The normalized spacial score (nSPS) is 16.7. The Morgan fingerprint density at radius 2 is 1.86 bits per heavy atom. The number of carbonyl (C=O) groups excluding carboxylic acids is 3. The minimum atomic E-state index is -5.09. The predicted octanol–water partition coefficient (Wildman–Crippen LogP) is 4.54. The highest BCUT2D eigenvalue weighted by molar-refractivity contribution is 6.10. The molecule has 2 aromatic heterocycles. The van der Waals surface area contributed by atoms with E-state index in [1.165, 1.54) is 25.4 Å². The lowest BCUT2D eigenvalue weighted by molar-refractivity contribution is -0.204.